The Balaban J connectivity index is 2.11. The highest BCUT2D eigenvalue weighted by molar-refractivity contribution is 5.79. The summed E-state index contributed by atoms with van der Waals surface area (Å²) in [7, 11) is 1.50. The molecule has 0 amide bonds. The second kappa shape index (κ2) is 8.49. The summed E-state index contributed by atoms with van der Waals surface area (Å²) in [6, 6.07) is 11.8. The van der Waals surface area contributed by atoms with Crippen molar-refractivity contribution in [3.8, 4) is 16.9 Å². The third-order valence-electron chi connectivity index (χ3n) is 4.74. The third kappa shape index (κ3) is 4.25. The van der Waals surface area contributed by atoms with E-state index in [9.17, 15) is 18.0 Å². The number of benzene rings is 3. The molecule has 0 bridgehead atoms. The van der Waals surface area contributed by atoms with Gasteiger partial charge in [-0.25, -0.2) is 18.0 Å². The molecule has 0 aliphatic carbocycles. The zero-order valence-corrected chi connectivity index (χ0v) is 16.7. The maximum atomic E-state index is 15.0. The Morgan fingerprint density at radius 1 is 1.07 bits per heavy atom. The molecule has 0 atom stereocenters. The number of hydrogen-bond acceptors (Lipinski definition) is 3. The number of carboxylic acids is 1. The highest BCUT2D eigenvalue weighted by Gasteiger charge is 2.22. The SMILES string of the molecule is Cc1cc(-c2cccc(F)c2)c(C)c(N(C)c2c(F)ccc(OCC(=O)O)c2F)c1. The summed E-state index contributed by atoms with van der Waals surface area (Å²) in [5.74, 6) is -3.86. The first-order chi connectivity index (χ1) is 14.2. The van der Waals surface area contributed by atoms with Gasteiger partial charge in [0, 0.05) is 12.7 Å². The zero-order valence-electron chi connectivity index (χ0n) is 16.7. The largest absolute Gasteiger partial charge is 0.479 e. The van der Waals surface area contributed by atoms with E-state index in [1.54, 1.807) is 25.1 Å². The standard InChI is InChI=1S/C23H20F3NO3/c1-13-9-17(15-5-4-6-16(24)11-15)14(2)19(10-13)27(3)23-18(25)7-8-20(22(23)26)30-12-21(28)29/h4-11H,12H2,1-3H3,(H,28,29). The van der Waals surface area contributed by atoms with E-state index in [1.807, 2.05) is 13.0 Å². The van der Waals surface area contributed by atoms with Crippen molar-refractivity contribution in [2.45, 2.75) is 13.8 Å². The molecule has 0 saturated heterocycles. The van der Waals surface area contributed by atoms with Gasteiger partial charge >= 0.3 is 5.97 Å². The second-order valence-electron chi connectivity index (χ2n) is 6.92. The van der Waals surface area contributed by atoms with Crippen LogP contribution in [0.15, 0.2) is 48.5 Å². The Morgan fingerprint density at radius 3 is 2.47 bits per heavy atom. The molecular weight excluding hydrogens is 395 g/mol. The van der Waals surface area contributed by atoms with Crippen molar-refractivity contribution in [1.29, 1.82) is 0 Å². The first-order valence-corrected chi connectivity index (χ1v) is 9.12. The van der Waals surface area contributed by atoms with Crippen LogP contribution in [0.3, 0.4) is 0 Å². The van der Waals surface area contributed by atoms with E-state index >= 15 is 0 Å². The van der Waals surface area contributed by atoms with Crippen molar-refractivity contribution < 1.29 is 27.8 Å². The summed E-state index contributed by atoms with van der Waals surface area (Å²) in [6.45, 7) is 2.86. The molecule has 0 heterocycles. The van der Waals surface area contributed by atoms with E-state index in [2.05, 4.69) is 0 Å². The normalized spacial score (nSPS) is 10.7. The smallest absolute Gasteiger partial charge is 0.341 e. The Labute approximate surface area is 172 Å². The number of nitrogens with zero attached hydrogens (tertiary/aromatic N) is 1. The van der Waals surface area contributed by atoms with Crippen molar-refractivity contribution in [3.05, 3.63) is 77.1 Å². The predicted octanol–water partition coefficient (Wildman–Crippen LogP) is 5.62. The highest BCUT2D eigenvalue weighted by atomic mass is 19.1. The fourth-order valence-electron chi connectivity index (χ4n) is 3.35. The minimum absolute atomic E-state index is 0.365. The Bertz CT molecular complexity index is 1120. The van der Waals surface area contributed by atoms with Crippen LogP contribution in [0.2, 0.25) is 0 Å². The van der Waals surface area contributed by atoms with Crippen LogP contribution in [0.25, 0.3) is 11.1 Å². The molecule has 1 N–H and O–H groups in total. The molecule has 3 aromatic rings. The Morgan fingerprint density at radius 2 is 1.80 bits per heavy atom. The van der Waals surface area contributed by atoms with Gasteiger partial charge in [-0.3, -0.25) is 0 Å². The average molecular weight is 415 g/mol. The minimum Gasteiger partial charge on any atom is -0.479 e. The molecule has 0 spiro atoms. The number of anilines is 2. The number of carboxylic acid groups (broad SMARTS) is 1. The van der Waals surface area contributed by atoms with Crippen LogP contribution in [0, 0.1) is 31.3 Å². The average Bonchev–Trinajstić information content (AvgIpc) is 2.68. The molecule has 0 aromatic heterocycles. The van der Waals surface area contributed by atoms with Gasteiger partial charge < -0.3 is 14.7 Å². The van der Waals surface area contributed by atoms with Crippen LogP contribution in [0.5, 0.6) is 5.75 Å². The lowest BCUT2D eigenvalue weighted by molar-refractivity contribution is -0.139. The molecule has 0 aliphatic rings. The Kier molecular flexibility index (Phi) is 6.01. The number of rotatable bonds is 6. The van der Waals surface area contributed by atoms with Crippen molar-refractivity contribution in [3.63, 3.8) is 0 Å². The fraction of sp³-hybridized carbons (Fsp3) is 0.174. The highest BCUT2D eigenvalue weighted by Crippen LogP contribution is 2.39. The first kappa shape index (κ1) is 21.2. The number of aryl methyl sites for hydroxylation is 1. The lowest BCUT2D eigenvalue weighted by Crippen LogP contribution is -2.17. The predicted molar refractivity (Wildman–Crippen MR) is 109 cm³/mol. The monoisotopic (exact) mass is 415 g/mol. The third-order valence-corrected chi connectivity index (χ3v) is 4.74. The molecule has 0 aliphatic heterocycles. The van der Waals surface area contributed by atoms with Crippen LogP contribution in [-0.4, -0.2) is 24.7 Å². The quantitative estimate of drug-likeness (QED) is 0.568. The lowest BCUT2D eigenvalue weighted by Gasteiger charge is -2.25. The van der Waals surface area contributed by atoms with Crippen LogP contribution in [-0.2, 0) is 4.79 Å². The van der Waals surface area contributed by atoms with E-state index < -0.39 is 24.2 Å². The fourth-order valence-corrected chi connectivity index (χ4v) is 3.35. The summed E-state index contributed by atoms with van der Waals surface area (Å²) in [5, 5.41) is 8.74. The van der Waals surface area contributed by atoms with E-state index in [4.69, 9.17) is 9.84 Å². The second-order valence-corrected chi connectivity index (χ2v) is 6.92. The summed E-state index contributed by atoms with van der Waals surface area (Å²) in [4.78, 5) is 12.0. The summed E-state index contributed by atoms with van der Waals surface area (Å²) >= 11 is 0. The van der Waals surface area contributed by atoms with Gasteiger partial charge in [0.25, 0.3) is 0 Å². The number of aliphatic carboxylic acids is 1. The van der Waals surface area contributed by atoms with Crippen molar-refractivity contribution in [2.24, 2.45) is 0 Å². The number of ether oxygens (including phenoxy) is 1. The van der Waals surface area contributed by atoms with Crippen LogP contribution >= 0.6 is 0 Å². The van der Waals surface area contributed by atoms with Gasteiger partial charge in [-0.05, 0) is 66.4 Å². The number of halogens is 3. The van der Waals surface area contributed by atoms with E-state index in [0.29, 0.717) is 16.8 Å². The molecule has 0 unspecified atom stereocenters. The van der Waals surface area contributed by atoms with Gasteiger partial charge in [-0.2, -0.15) is 0 Å². The Hall–Kier alpha value is -3.48. The molecule has 156 valence electrons. The number of hydrogen-bond donors (Lipinski definition) is 1. The van der Waals surface area contributed by atoms with Gasteiger partial charge in [0.2, 0.25) is 0 Å². The van der Waals surface area contributed by atoms with E-state index in [-0.39, 0.29) is 17.3 Å². The van der Waals surface area contributed by atoms with Gasteiger partial charge in [0.05, 0.1) is 0 Å². The van der Waals surface area contributed by atoms with Crippen molar-refractivity contribution in [1.82, 2.24) is 0 Å². The maximum absolute atomic E-state index is 15.0. The van der Waals surface area contributed by atoms with Gasteiger partial charge in [-0.1, -0.05) is 18.2 Å². The molecular formula is C23H20F3NO3. The summed E-state index contributed by atoms with van der Waals surface area (Å²) in [5.41, 5.74) is 3.03. The summed E-state index contributed by atoms with van der Waals surface area (Å²) < 4.78 is 48.2. The zero-order chi connectivity index (χ0) is 22.0. The molecule has 0 saturated carbocycles. The van der Waals surface area contributed by atoms with E-state index in [0.717, 1.165) is 23.3 Å². The van der Waals surface area contributed by atoms with Crippen LogP contribution in [0.1, 0.15) is 11.1 Å². The molecule has 0 fully saturated rings. The van der Waals surface area contributed by atoms with Gasteiger partial charge in [0.15, 0.2) is 18.2 Å². The number of carbonyl (C=O) groups is 1. The van der Waals surface area contributed by atoms with Crippen LogP contribution in [0.4, 0.5) is 24.5 Å². The maximum Gasteiger partial charge on any atom is 0.341 e. The van der Waals surface area contributed by atoms with Crippen molar-refractivity contribution >= 4 is 17.3 Å². The van der Waals surface area contributed by atoms with Gasteiger partial charge in [0.1, 0.15) is 17.3 Å². The lowest BCUT2D eigenvalue weighted by atomic mass is 9.96. The van der Waals surface area contributed by atoms with E-state index in [1.165, 1.54) is 24.1 Å². The minimum atomic E-state index is -1.28. The van der Waals surface area contributed by atoms with Crippen molar-refractivity contribution in [2.75, 3.05) is 18.6 Å². The first-order valence-electron chi connectivity index (χ1n) is 9.12. The van der Waals surface area contributed by atoms with Crippen LogP contribution < -0.4 is 9.64 Å². The molecule has 7 heteroatoms. The molecule has 3 aromatic carbocycles. The molecule has 3 rings (SSSR count). The van der Waals surface area contributed by atoms with Gasteiger partial charge in [-0.15, -0.1) is 0 Å². The summed E-state index contributed by atoms with van der Waals surface area (Å²) in [6.07, 6.45) is 0. The molecule has 4 nitrogen and oxygen atoms in total. The molecule has 30 heavy (non-hydrogen) atoms. The molecule has 0 radical (unpaired) electrons. The topological polar surface area (TPSA) is 49.8 Å².